The number of carbonyl (C=O) groups excluding carboxylic acids is 2. The number of hydrogen-bond acceptors (Lipinski definition) is 5. The molecule has 220 valence electrons. The van der Waals surface area contributed by atoms with Crippen LogP contribution < -0.4 is 9.47 Å². The largest absolute Gasteiger partial charge is 0.476 e. The number of quaternary nitrogens is 1. The van der Waals surface area contributed by atoms with Crippen LogP contribution in [0.2, 0.25) is 10.0 Å². The van der Waals surface area contributed by atoms with Crippen LogP contribution in [-0.4, -0.2) is 48.7 Å². The zero-order valence-corrected chi connectivity index (χ0v) is 25.7. The Kier molecular flexibility index (Phi) is 7.71. The molecule has 0 radical (unpaired) electrons. The number of likely N-dealkylation sites (N-methyl/N-ethyl adjacent to an activating group) is 1. The molecule has 6 rings (SSSR count). The highest BCUT2D eigenvalue weighted by Crippen LogP contribution is 2.51. The number of hydrogen-bond donors (Lipinski definition) is 0. The van der Waals surface area contributed by atoms with Crippen molar-refractivity contribution in [2.75, 3.05) is 26.9 Å². The Morgan fingerprint density at radius 3 is 2.09 bits per heavy atom. The van der Waals surface area contributed by atoms with E-state index in [1.54, 1.807) is 62.4 Å². The predicted octanol–water partition coefficient (Wildman–Crippen LogP) is 8.02. The van der Waals surface area contributed by atoms with Gasteiger partial charge in [-0.2, -0.15) is 0 Å². The minimum Gasteiger partial charge on any atom is -0.476 e. The summed E-state index contributed by atoms with van der Waals surface area (Å²) >= 11 is 12.4. The number of ketones is 1. The average molecular weight is 618 g/mol. The molecule has 0 bridgehead atoms. The number of carbonyl (C=O) groups is 2. The van der Waals surface area contributed by atoms with Gasteiger partial charge in [-0.1, -0.05) is 41.4 Å². The number of likely N-dealkylation sites (tertiary alicyclic amines) is 1. The van der Waals surface area contributed by atoms with Crippen LogP contribution in [0.3, 0.4) is 0 Å². The summed E-state index contributed by atoms with van der Waals surface area (Å²) in [5, 5.41) is 1.24. The topological polar surface area (TPSA) is 61.8 Å². The quantitative estimate of drug-likeness (QED) is 0.119. The normalized spacial score (nSPS) is 20.6. The van der Waals surface area contributed by atoms with E-state index in [-0.39, 0.29) is 24.3 Å². The highest BCUT2D eigenvalue weighted by molar-refractivity contribution is 6.31. The maximum atomic E-state index is 13.3. The van der Waals surface area contributed by atoms with E-state index in [2.05, 4.69) is 13.1 Å². The molecule has 6 nitrogen and oxygen atoms in total. The van der Waals surface area contributed by atoms with Crippen molar-refractivity contribution < 1.29 is 28.3 Å². The maximum absolute atomic E-state index is 13.3. The third kappa shape index (κ3) is 6.00. The summed E-state index contributed by atoms with van der Waals surface area (Å²) in [6.45, 7) is 5.10. The van der Waals surface area contributed by atoms with Gasteiger partial charge in [-0.3, -0.25) is 9.28 Å². The summed E-state index contributed by atoms with van der Waals surface area (Å²) in [7, 11) is 2.11. The molecule has 2 aliphatic rings. The van der Waals surface area contributed by atoms with Crippen LogP contribution in [0.1, 0.15) is 52.7 Å². The summed E-state index contributed by atoms with van der Waals surface area (Å²) < 4.78 is 18.8. The Balaban J connectivity index is 1.13. The first-order valence-corrected chi connectivity index (χ1v) is 14.9. The van der Waals surface area contributed by atoms with Crippen molar-refractivity contribution in [1.82, 2.24) is 0 Å². The maximum Gasteiger partial charge on any atom is 0.354 e. The number of benzene rings is 4. The molecule has 2 aliphatic heterocycles. The Morgan fingerprint density at radius 1 is 0.814 bits per heavy atom. The number of halogens is 2. The number of fused-ring (bicyclic) bond motifs is 5. The van der Waals surface area contributed by atoms with Crippen LogP contribution in [0, 0.1) is 0 Å². The molecule has 0 amide bonds. The SMILES string of the molecule is CC(C)(Oc1ccc(C(=O)c2ccc(Cl)cc2)cc1)C(=O)OC[N+]1(C)CC2c3ccccc3Oc3ccc(Cl)cc3C2C1. The van der Waals surface area contributed by atoms with Crippen LogP contribution in [0.25, 0.3) is 0 Å². The summed E-state index contributed by atoms with van der Waals surface area (Å²) in [6.07, 6.45) is 0. The van der Waals surface area contributed by atoms with Gasteiger partial charge in [0.15, 0.2) is 11.4 Å². The first-order chi connectivity index (χ1) is 20.5. The Morgan fingerprint density at radius 2 is 1.40 bits per heavy atom. The molecule has 1 fully saturated rings. The summed E-state index contributed by atoms with van der Waals surface area (Å²) in [5.74, 6) is 1.86. The van der Waals surface area contributed by atoms with Gasteiger partial charge < -0.3 is 14.2 Å². The van der Waals surface area contributed by atoms with E-state index in [4.69, 9.17) is 37.4 Å². The first-order valence-electron chi connectivity index (χ1n) is 14.2. The van der Waals surface area contributed by atoms with Gasteiger partial charge in [0.2, 0.25) is 6.73 Å². The summed E-state index contributed by atoms with van der Waals surface area (Å²) in [4.78, 5) is 26.1. The fraction of sp³-hybridized carbons (Fsp3) is 0.257. The lowest BCUT2D eigenvalue weighted by Gasteiger charge is -2.31. The molecule has 1 saturated heterocycles. The van der Waals surface area contributed by atoms with Gasteiger partial charge >= 0.3 is 5.97 Å². The van der Waals surface area contributed by atoms with E-state index in [1.165, 1.54) is 0 Å². The summed E-state index contributed by atoms with van der Waals surface area (Å²) in [6, 6.07) is 27.4. The standard InChI is InChI=1S/C35H32Cl2NO5/c1-35(2,43-26-15-10-23(11-16-26)33(39)22-8-12-24(36)13-9-22)34(40)41-21-38(3)19-29-27-6-4-5-7-31(27)42-32-17-14-25(37)18-28(32)30(29)20-38/h4-18,29-30H,19-21H2,1-3H3/q+1. The van der Waals surface area contributed by atoms with Crippen LogP contribution in [0.15, 0.2) is 91.0 Å². The Hall–Kier alpha value is -3.84. The lowest BCUT2D eigenvalue weighted by Crippen LogP contribution is -2.48. The van der Waals surface area contributed by atoms with Crippen molar-refractivity contribution in [2.24, 2.45) is 0 Å². The molecule has 0 aliphatic carbocycles. The molecule has 4 aromatic rings. The molecule has 0 N–H and O–H groups in total. The van der Waals surface area contributed by atoms with Crippen molar-refractivity contribution in [2.45, 2.75) is 31.3 Å². The smallest absolute Gasteiger partial charge is 0.354 e. The number of rotatable bonds is 7. The average Bonchev–Trinajstić information content (AvgIpc) is 3.29. The van der Waals surface area contributed by atoms with Gasteiger partial charge in [-0.15, -0.1) is 0 Å². The number of esters is 1. The van der Waals surface area contributed by atoms with Gasteiger partial charge in [-0.25, -0.2) is 4.79 Å². The fourth-order valence-corrected chi connectivity index (χ4v) is 6.39. The van der Waals surface area contributed by atoms with E-state index < -0.39 is 11.6 Å². The lowest BCUT2D eigenvalue weighted by molar-refractivity contribution is -0.915. The second-order valence-corrected chi connectivity index (χ2v) is 12.9. The number of ether oxygens (including phenoxy) is 3. The molecule has 2 heterocycles. The molecule has 0 spiro atoms. The lowest BCUT2D eigenvalue weighted by atomic mass is 9.84. The monoisotopic (exact) mass is 616 g/mol. The second-order valence-electron chi connectivity index (χ2n) is 12.1. The molecule has 3 atom stereocenters. The van der Waals surface area contributed by atoms with E-state index in [9.17, 15) is 9.59 Å². The number of nitrogens with zero attached hydrogens (tertiary/aromatic N) is 1. The van der Waals surface area contributed by atoms with Crippen LogP contribution >= 0.6 is 23.2 Å². The van der Waals surface area contributed by atoms with Gasteiger partial charge in [-0.05, 0) is 86.6 Å². The highest BCUT2D eigenvalue weighted by atomic mass is 35.5. The molecule has 3 unspecified atom stereocenters. The summed E-state index contributed by atoms with van der Waals surface area (Å²) in [5.41, 5.74) is 2.02. The van der Waals surface area contributed by atoms with Crippen molar-refractivity contribution in [3.8, 4) is 17.2 Å². The molecule has 4 aromatic carbocycles. The Labute approximate surface area is 261 Å². The molecular formula is C35H32Cl2NO5+. The van der Waals surface area contributed by atoms with Gasteiger partial charge in [0.25, 0.3) is 0 Å². The van der Waals surface area contributed by atoms with Gasteiger partial charge in [0, 0.05) is 44.1 Å². The minimum absolute atomic E-state index is 0.125. The zero-order valence-electron chi connectivity index (χ0n) is 24.2. The third-order valence-corrected chi connectivity index (χ3v) is 8.75. The van der Waals surface area contributed by atoms with Crippen LogP contribution in [-0.2, 0) is 9.53 Å². The minimum atomic E-state index is -1.24. The third-order valence-electron chi connectivity index (χ3n) is 8.27. The molecular weight excluding hydrogens is 585 g/mol. The van der Waals surface area contributed by atoms with Gasteiger partial charge in [0.05, 0.1) is 20.1 Å². The molecule has 0 aromatic heterocycles. The van der Waals surface area contributed by atoms with E-state index in [0.717, 1.165) is 35.7 Å². The number of para-hydroxylation sites is 1. The molecule has 8 heteroatoms. The van der Waals surface area contributed by atoms with Crippen LogP contribution in [0.4, 0.5) is 0 Å². The van der Waals surface area contributed by atoms with Crippen molar-refractivity contribution in [3.63, 3.8) is 0 Å². The molecule has 43 heavy (non-hydrogen) atoms. The molecule has 0 saturated carbocycles. The van der Waals surface area contributed by atoms with E-state index in [0.29, 0.717) is 31.4 Å². The van der Waals surface area contributed by atoms with E-state index >= 15 is 0 Å². The predicted molar refractivity (Wildman–Crippen MR) is 166 cm³/mol. The highest BCUT2D eigenvalue weighted by Gasteiger charge is 2.48. The second kappa shape index (κ2) is 11.3. The first kappa shape index (κ1) is 29.2. The Bertz CT molecular complexity index is 1690. The van der Waals surface area contributed by atoms with Crippen molar-refractivity contribution in [1.29, 1.82) is 0 Å². The van der Waals surface area contributed by atoms with Gasteiger partial charge in [0.1, 0.15) is 17.2 Å². The van der Waals surface area contributed by atoms with Crippen molar-refractivity contribution in [3.05, 3.63) is 123 Å². The van der Waals surface area contributed by atoms with E-state index in [1.807, 2.05) is 36.4 Å². The fourth-order valence-electron chi connectivity index (χ4n) is 6.08. The van der Waals surface area contributed by atoms with Crippen molar-refractivity contribution >= 4 is 35.0 Å². The zero-order chi connectivity index (χ0) is 30.4. The van der Waals surface area contributed by atoms with Crippen LogP contribution in [0.5, 0.6) is 17.2 Å².